The molecule has 1 N–H and O–H groups in total. The van der Waals surface area contributed by atoms with Crippen molar-refractivity contribution in [2.24, 2.45) is 17.3 Å². The lowest BCUT2D eigenvalue weighted by atomic mass is 9.76. The zero-order chi connectivity index (χ0) is 13.8. The summed E-state index contributed by atoms with van der Waals surface area (Å²) in [6, 6.07) is 0. The van der Waals surface area contributed by atoms with Crippen LogP contribution in [0.1, 0.15) is 41.0 Å². The first-order valence-electron chi connectivity index (χ1n) is 6.08. The topological polar surface area (TPSA) is 57.6 Å². The second-order valence-corrected chi connectivity index (χ2v) is 5.72. The molecule has 0 radical (unpaired) electrons. The minimum atomic E-state index is -0.984. The van der Waals surface area contributed by atoms with Crippen molar-refractivity contribution >= 4 is 11.9 Å². The molecule has 0 spiro atoms. The Kier molecular flexibility index (Phi) is 5.66. The maximum absolute atomic E-state index is 12.0. The molecule has 0 aromatic heterocycles. The Bertz CT molecular complexity index is 286. The maximum Gasteiger partial charge on any atom is 0.310 e. The van der Waals surface area contributed by atoms with Gasteiger partial charge in [0.25, 0.3) is 0 Å². The van der Waals surface area contributed by atoms with Crippen molar-refractivity contribution in [3.63, 3.8) is 0 Å². The lowest BCUT2D eigenvalue weighted by Crippen LogP contribution is -2.40. The van der Waals surface area contributed by atoms with Crippen LogP contribution < -0.4 is 0 Å². The van der Waals surface area contributed by atoms with E-state index in [1.54, 1.807) is 18.9 Å². The standard InChI is InChI=1S/C13H25NO3/c1-9(2)8-14(6)11(15)7-13(5,10(3)4)12(16)17/h9-10H,7-8H2,1-6H3,(H,16,17). The first kappa shape index (κ1) is 15.9. The fourth-order valence-corrected chi connectivity index (χ4v) is 1.63. The predicted octanol–water partition coefficient (Wildman–Crippen LogP) is 2.24. The fourth-order valence-electron chi connectivity index (χ4n) is 1.63. The predicted molar refractivity (Wildman–Crippen MR) is 67.7 cm³/mol. The van der Waals surface area contributed by atoms with Crippen LogP contribution in [0.25, 0.3) is 0 Å². The Morgan fingerprint density at radius 1 is 1.24 bits per heavy atom. The van der Waals surface area contributed by atoms with Gasteiger partial charge in [-0.2, -0.15) is 0 Å². The van der Waals surface area contributed by atoms with Gasteiger partial charge in [0.2, 0.25) is 5.91 Å². The largest absolute Gasteiger partial charge is 0.481 e. The Hall–Kier alpha value is -1.06. The van der Waals surface area contributed by atoms with Gasteiger partial charge >= 0.3 is 5.97 Å². The summed E-state index contributed by atoms with van der Waals surface area (Å²) in [5.41, 5.74) is -0.984. The van der Waals surface area contributed by atoms with E-state index in [0.29, 0.717) is 12.5 Å². The van der Waals surface area contributed by atoms with Gasteiger partial charge in [0.1, 0.15) is 0 Å². The second kappa shape index (κ2) is 6.03. The molecule has 0 saturated heterocycles. The summed E-state index contributed by atoms with van der Waals surface area (Å²) >= 11 is 0. The van der Waals surface area contributed by atoms with Gasteiger partial charge in [-0.05, 0) is 18.8 Å². The minimum Gasteiger partial charge on any atom is -0.481 e. The van der Waals surface area contributed by atoms with E-state index in [4.69, 9.17) is 0 Å². The fraction of sp³-hybridized carbons (Fsp3) is 0.846. The number of amides is 1. The third-order valence-corrected chi connectivity index (χ3v) is 3.35. The highest BCUT2D eigenvalue weighted by Gasteiger charge is 2.39. The van der Waals surface area contributed by atoms with E-state index in [1.165, 1.54) is 0 Å². The summed E-state index contributed by atoms with van der Waals surface area (Å²) in [6.45, 7) is 10.0. The second-order valence-electron chi connectivity index (χ2n) is 5.72. The number of hydrogen-bond donors (Lipinski definition) is 1. The third kappa shape index (κ3) is 4.36. The van der Waals surface area contributed by atoms with Gasteiger partial charge in [0.15, 0.2) is 0 Å². The van der Waals surface area contributed by atoms with Crippen molar-refractivity contribution in [2.45, 2.75) is 41.0 Å². The van der Waals surface area contributed by atoms with Crippen molar-refractivity contribution in [3.05, 3.63) is 0 Å². The lowest BCUT2D eigenvalue weighted by Gasteiger charge is -2.30. The molecule has 0 rings (SSSR count). The first-order chi connectivity index (χ1) is 7.61. The number of carboxylic acids is 1. The molecule has 0 aliphatic carbocycles. The number of rotatable bonds is 6. The summed E-state index contributed by atoms with van der Waals surface area (Å²) in [4.78, 5) is 24.9. The monoisotopic (exact) mass is 243 g/mol. The van der Waals surface area contributed by atoms with Crippen LogP contribution in [0.2, 0.25) is 0 Å². The third-order valence-electron chi connectivity index (χ3n) is 3.35. The molecule has 0 bridgehead atoms. The molecule has 0 aromatic carbocycles. The first-order valence-corrected chi connectivity index (χ1v) is 6.08. The quantitative estimate of drug-likeness (QED) is 0.778. The molecule has 1 atom stereocenters. The van der Waals surface area contributed by atoms with Gasteiger partial charge in [-0.3, -0.25) is 9.59 Å². The molecule has 0 saturated carbocycles. The number of hydrogen-bond acceptors (Lipinski definition) is 2. The summed E-state index contributed by atoms with van der Waals surface area (Å²) in [7, 11) is 1.73. The van der Waals surface area contributed by atoms with Crippen LogP contribution in [0.5, 0.6) is 0 Å². The molecule has 17 heavy (non-hydrogen) atoms. The molecule has 1 unspecified atom stereocenters. The van der Waals surface area contributed by atoms with Crippen molar-refractivity contribution in [1.82, 2.24) is 4.90 Å². The van der Waals surface area contributed by atoms with Gasteiger partial charge in [0.05, 0.1) is 5.41 Å². The van der Waals surface area contributed by atoms with Crippen LogP contribution in [-0.4, -0.2) is 35.5 Å². The molecule has 4 heteroatoms. The highest BCUT2D eigenvalue weighted by Crippen LogP contribution is 2.32. The number of aliphatic carboxylic acids is 1. The van der Waals surface area contributed by atoms with E-state index >= 15 is 0 Å². The van der Waals surface area contributed by atoms with Gasteiger partial charge in [-0.1, -0.05) is 27.7 Å². The molecule has 0 heterocycles. The highest BCUT2D eigenvalue weighted by atomic mass is 16.4. The Labute approximate surface area is 104 Å². The molecule has 0 aromatic rings. The summed E-state index contributed by atoms with van der Waals surface area (Å²) < 4.78 is 0. The average molecular weight is 243 g/mol. The van der Waals surface area contributed by atoms with Gasteiger partial charge in [-0.15, -0.1) is 0 Å². The van der Waals surface area contributed by atoms with Crippen molar-refractivity contribution in [1.29, 1.82) is 0 Å². The van der Waals surface area contributed by atoms with Crippen LogP contribution in [0.15, 0.2) is 0 Å². The number of carbonyl (C=O) groups excluding carboxylic acids is 1. The molecule has 4 nitrogen and oxygen atoms in total. The average Bonchev–Trinajstić information content (AvgIpc) is 2.15. The molecular formula is C13H25NO3. The number of nitrogens with zero attached hydrogens (tertiary/aromatic N) is 1. The summed E-state index contributed by atoms with van der Waals surface area (Å²) in [5.74, 6) is -0.688. The molecule has 0 aliphatic heterocycles. The van der Waals surface area contributed by atoms with Gasteiger partial charge in [-0.25, -0.2) is 0 Å². The smallest absolute Gasteiger partial charge is 0.310 e. The van der Waals surface area contributed by atoms with Crippen LogP contribution in [0, 0.1) is 17.3 Å². The van der Waals surface area contributed by atoms with Crippen molar-refractivity contribution < 1.29 is 14.7 Å². The van der Waals surface area contributed by atoms with E-state index < -0.39 is 11.4 Å². The summed E-state index contributed by atoms with van der Waals surface area (Å²) in [6.07, 6.45) is 0.0587. The maximum atomic E-state index is 12.0. The van der Waals surface area contributed by atoms with Crippen LogP contribution in [-0.2, 0) is 9.59 Å². The van der Waals surface area contributed by atoms with Crippen LogP contribution in [0.3, 0.4) is 0 Å². The SMILES string of the molecule is CC(C)CN(C)C(=O)CC(C)(C(=O)O)C(C)C. The molecule has 100 valence electrons. The summed E-state index contributed by atoms with van der Waals surface area (Å²) in [5, 5.41) is 9.24. The Morgan fingerprint density at radius 3 is 2.00 bits per heavy atom. The van der Waals surface area contributed by atoms with E-state index in [9.17, 15) is 14.7 Å². The Balaban J connectivity index is 4.69. The molecule has 0 fully saturated rings. The van der Waals surface area contributed by atoms with Crippen molar-refractivity contribution in [3.8, 4) is 0 Å². The van der Waals surface area contributed by atoms with Crippen LogP contribution >= 0.6 is 0 Å². The van der Waals surface area contributed by atoms with E-state index in [0.717, 1.165) is 0 Å². The minimum absolute atomic E-state index is 0.0587. The number of carboxylic acid groups (broad SMARTS) is 1. The molecular weight excluding hydrogens is 218 g/mol. The Morgan fingerprint density at radius 2 is 1.71 bits per heavy atom. The van der Waals surface area contributed by atoms with Crippen molar-refractivity contribution in [2.75, 3.05) is 13.6 Å². The van der Waals surface area contributed by atoms with Gasteiger partial charge < -0.3 is 10.0 Å². The van der Waals surface area contributed by atoms with Gasteiger partial charge in [0, 0.05) is 20.0 Å². The normalized spacial score (nSPS) is 14.8. The lowest BCUT2D eigenvalue weighted by molar-refractivity contribution is -0.155. The van der Waals surface area contributed by atoms with Crippen LogP contribution in [0.4, 0.5) is 0 Å². The van der Waals surface area contributed by atoms with E-state index in [1.807, 2.05) is 27.7 Å². The molecule has 0 aliphatic rings. The molecule has 1 amide bonds. The zero-order valence-electron chi connectivity index (χ0n) is 11.8. The van der Waals surface area contributed by atoms with E-state index in [-0.39, 0.29) is 18.2 Å². The highest BCUT2D eigenvalue weighted by molar-refractivity contribution is 5.84. The van der Waals surface area contributed by atoms with E-state index in [2.05, 4.69) is 0 Å². The number of carbonyl (C=O) groups is 2. The zero-order valence-corrected chi connectivity index (χ0v) is 11.8.